The second kappa shape index (κ2) is 5.09. The average Bonchev–Trinajstić information content (AvgIpc) is 2.81. The van der Waals surface area contributed by atoms with Crippen molar-refractivity contribution in [3.8, 4) is 0 Å². The van der Waals surface area contributed by atoms with Crippen molar-refractivity contribution >= 4 is 29.2 Å². The highest BCUT2D eigenvalue weighted by atomic mass is 35.5. The molecule has 1 aliphatic rings. The van der Waals surface area contributed by atoms with Gasteiger partial charge in [-0.15, -0.1) is 0 Å². The van der Waals surface area contributed by atoms with Gasteiger partial charge in [0.15, 0.2) is 0 Å². The average molecular weight is 283 g/mol. The molecule has 1 aromatic carbocycles. The summed E-state index contributed by atoms with van der Waals surface area (Å²) in [6.07, 6.45) is 2.87. The number of benzene rings is 1. The zero-order chi connectivity index (χ0) is 14.0. The number of carboxylic acids is 1. The molecule has 6 heteroatoms. The predicted octanol–water partition coefficient (Wildman–Crippen LogP) is 2.25. The van der Waals surface area contributed by atoms with Crippen LogP contribution in [0.3, 0.4) is 0 Å². The molecule has 4 N–H and O–H groups in total. The molecule has 1 fully saturated rings. The monoisotopic (exact) mass is 282 g/mol. The Labute approximate surface area is 115 Å². The Bertz CT molecular complexity index is 525. The lowest BCUT2D eigenvalue weighted by Gasteiger charge is -2.27. The van der Waals surface area contributed by atoms with Crippen LogP contribution in [0, 0.1) is 0 Å². The van der Waals surface area contributed by atoms with Gasteiger partial charge in [-0.2, -0.15) is 0 Å². The Morgan fingerprint density at radius 2 is 1.95 bits per heavy atom. The van der Waals surface area contributed by atoms with E-state index < -0.39 is 17.4 Å². The maximum atomic E-state index is 11.4. The van der Waals surface area contributed by atoms with Crippen molar-refractivity contribution in [2.45, 2.75) is 31.2 Å². The zero-order valence-electron chi connectivity index (χ0n) is 10.3. The van der Waals surface area contributed by atoms with Crippen molar-refractivity contribution in [1.29, 1.82) is 0 Å². The maximum absolute atomic E-state index is 11.4. The molecule has 0 atom stereocenters. The van der Waals surface area contributed by atoms with Crippen LogP contribution in [0.15, 0.2) is 18.2 Å². The second-order valence-electron chi connectivity index (χ2n) is 4.78. The number of nitrogens with one attached hydrogen (secondary N) is 1. The number of halogens is 1. The van der Waals surface area contributed by atoms with Crippen LogP contribution in [-0.2, 0) is 4.79 Å². The molecule has 1 amide bonds. The Kier molecular flexibility index (Phi) is 3.66. The van der Waals surface area contributed by atoms with Crippen LogP contribution in [0.2, 0.25) is 5.02 Å². The number of hydrogen-bond donors (Lipinski definition) is 3. The molecule has 0 unspecified atom stereocenters. The molecule has 102 valence electrons. The van der Waals surface area contributed by atoms with E-state index in [9.17, 15) is 14.7 Å². The first-order valence-corrected chi connectivity index (χ1v) is 6.43. The second-order valence-corrected chi connectivity index (χ2v) is 5.19. The van der Waals surface area contributed by atoms with E-state index in [1.807, 2.05) is 0 Å². The van der Waals surface area contributed by atoms with Gasteiger partial charge in [-0.25, -0.2) is 4.79 Å². The third kappa shape index (κ3) is 2.66. The van der Waals surface area contributed by atoms with Crippen molar-refractivity contribution in [3.05, 3.63) is 28.8 Å². The summed E-state index contributed by atoms with van der Waals surface area (Å²) in [5.41, 5.74) is 5.01. The molecule has 5 nitrogen and oxygen atoms in total. The van der Waals surface area contributed by atoms with Gasteiger partial charge in [0.2, 0.25) is 5.91 Å². The molecule has 1 aliphatic carbocycles. The van der Waals surface area contributed by atoms with Crippen LogP contribution in [0.1, 0.15) is 36.0 Å². The molecule has 0 spiro atoms. The minimum absolute atomic E-state index is 0.295. The third-order valence-corrected chi connectivity index (χ3v) is 3.81. The first-order valence-electron chi connectivity index (χ1n) is 6.05. The largest absolute Gasteiger partial charge is 0.480 e. The summed E-state index contributed by atoms with van der Waals surface area (Å²) >= 11 is 6.06. The number of nitrogens with two attached hydrogens (primary N) is 1. The number of carboxylic acid groups (broad SMARTS) is 1. The first-order chi connectivity index (χ1) is 8.94. The molecule has 0 aromatic heterocycles. The van der Waals surface area contributed by atoms with E-state index in [0.29, 0.717) is 29.1 Å². The smallest absolute Gasteiger partial charge is 0.329 e. The van der Waals surface area contributed by atoms with Crippen LogP contribution in [-0.4, -0.2) is 22.5 Å². The highest BCUT2D eigenvalue weighted by molar-refractivity contribution is 6.33. The lowest BCUT2D eigenvalue weighted by Crippen LogP contribution is -2.43. The molecule has 0 saturated heterocycles. The Hall–Kier alpha value is -1.75. The van der Waals surface area contributed by atoms with Crippen LogP contribution < -0.4 is 11.1 Å². The molecular formula is C13H15ClN2O3. The van der Waals surface area contributed by atoms with E-state index in [1.165, 1.54) is 12.1 Å². The van der Waals surface area contributed by atoms with Gasteiger partial charge in [-0.3, -0.25) is 4.79 Å². The molecule has 0 heterocycles. The van der Waals surface area contributed by atoms with Crippen molar-refractivity contribution < 1.29 is 14.7 Å². The molecule has 0 radical (unpaired) electrons. The molecule has 0 aliphatic heterocycles. The summed E-state index contributed by atoms with van der Waals surface area (Å²) in [5.74, 6) is -1.44. The van der Waals surface area contributed by atoms with Gasteiger partial charge in [0.25, 0.3) is 0 Å². The molecule has 2 rings (SSSR count). The highest BCUT2D eigenvalue weighted by Crippen LogP contribution is 2.35. The SMILES string of the molecule is NC(=O)c1ccc(NC2(C(=O)O)CCCC2)c(Cl)c1. The summed E-state index contributed by atoms with van der Waals surface area (Å²) in [6.45, 7) is 0. The maximum Gasteiger partial charge on any atom is 0.329 e. The number of carbonyl (C=O) groups excluding carboxylic acids is 1. The molecular weight excluding hydrogens is 268 g/mol. The Balaban J connectivity index is 2.28. The van der Waals surface area contributed by atoms with E-state index in [4.69, 9.17) is 17.3 Å². The van der Waals surface area contributed by atoms with Crippen molar-refractivity contribution in [2.24, 2.45) is 5.73 Å². The topological polar surface area (TPSA) is 92.4 Å². The van der Waals surface area contributed by atoms with Crippen molar-refractivity contribution in [1.82, 2.24) is 0 Å². The molecule has 1 aromatic rings. The lowest BCUT2D eigenvalue weighted by atomic mass is 9.97. The summed E-state index contributed by atoms with van der Waals surface area (Å²) in [7, 11) is 0. The normalized spacial score (nSPS) is 17.1. The fourth-order valence-electron chi connectivity index (χ4n) is 2.40. The number of carbonyl (C=O) groups is 2. The quantitative estimate of drug-likeness (QED) is 0.790. The summed E-state index contributed by atoms with van der Waals surface area (Å²) in [4.78, 5) is 22.5. The number of rotatable bonds is 4. The number of amides is 1. The Morgan fingerprint density at radius 3 is 2.42 bits per heavy atom. The number of aliphatic carboxylic acids is 1. The number of primary amides is 1. The Morgan fingerprint density at radius 1 is 1.32 bits per heavy atom. The van der Waals surface area contributed by atoms with E-state index in [1.54, 1.807) is 6.07 Å². The predicted molar refractivity (Wildman–Crippen MR) is 72.4 cm³/mol. The number of anilines is 1. The van der Waals surface area contributed by atoms with Crippen LogP contribution in [0.4, 0.5) is 5.69 Å². The highest BCUT2D eigenvalue weighted by Gasteiger charge is 2.41. The van der Waals surface area contributed by atoms with Gasteiger partial charge in [0.1, 0.15) is 5.54 Å². The van der Waals surface area contributed by atoms with E-state index in [2.05, 4.69) is 5.32 Å². The molecule has 0 bridgehead atoms. The fraction of sp³-hybridized carbons (Fsp3) is 0.385. The van der Waals surface area contributed by atoms with Crippen molar-refractivity contribution in [3.63, 3.8) is 0 Å². The van der Waals surface area contributed by atoms with Gasteiger partial charge in [0, 0.05) is 5.56 Å². The first kappa shape index (κ1) is 13.7. The van der Waals surface area contributed by atoms with Gasteiger partial charge in [-0.1, -0.05) is 24.4 Å². The summed E-state index contributed by atoms with van der Waals surface area (Å²) in [6, 6.07) is 4.56. The van der Waals surface area contributed by atoms with E-state index in [-0.39, 0.29) is 0 Å². The fourth-order valence-corrected chi connectivity index (χ4v) is 2.63. The standard InChI is InChI=1S/C13H15ClN2O3/c14-9-7-8(11(15)17)3-4-10(9)16-13(12(18)19)5-1-2-6-13/h3-4,7,16H,1-2,5-6H2,(H2,15,17)(H,18,19). The molecule has 19 heavy (non-hydrogen) atoms. The van der Waals surface area contributed by atoms with Gasteiger partial charge in [-0.05, 0) is 31.0 Å². The molecule has 1 saturated carbocycles. The lowest BCUT2D eigenvalue weighted by molar-refractivity contribution is -0.142. The summed E-state index contributed by atoms with van der Waals surface area (Å²) in [5, 5.41) is 12.7. The summed E-state index contributed by atoms with van der Waals surface area (Å²) < 4.78 is 0. The minimum atomic E-state index is -0.960. The van der Waals surface area contributed by atoms with Gasteiger partial charge < -0.3 is 16.2 Å². The van der Waals surface area contributed by atoms with Gasteiger partial charge >= 0.3 is 5.97 Å². The third-order valence-electron chi connectivity index (χ3n) is 3.49. The van der Waals surface area contributed by atoms with Gasteiger partial charge in [0.05, 0.1) is 10.7 Å². The zero-order valence-corrected chi connectivity index (χ0v) is 11.0. The minimum Gasteiger partial charge on any atom is -0.480 e. The van der Waals surface area contributed by atoms with Crippen LogP contribution in [0.25, 0.3) is 0 Å². The van der Waals surface area contributed by atoms with Crippen molar-refractivity contribution in [2.75, 3.05) is 5.32 Å². The number of hydrogen-bond acceptors (Lipinski definition) is 3. The van der Waals surface area contributed by atoms with Crippen LogP contribution >= 0.6 is 11.6 Å². The van der Waals surface area contributed by atoms with Crippen LogP contribution in [0.5, 0.6) is 0 Å². The van der Waals surface area contributed by atoms with E-state index in [0.717, 1.165) is 12.8 Å². The van der Waals surface area contributed by atoms with E-state index >= 15 is 0 Å².